The van der Waals surface area contributed by atoms with Gasteiger partial charge in [-0.1, -0.05) is 79.7 Å². The van der Waals surface area contributed by atoms with Gasteiger partial charge in [-0.15, -0.1) is 6.58 Å². The molecule has 0 spiro atoms. The molecule has 0 radical (unpaired) electrons. The fourth-order valence-corrected chi connectivity index (χ4v) is 12.1. The van der Waals surface area contributed by atoms with Gasteiger partial charge in [-0.25, -0.2) is 8.42 Å². The number of rotatable bonds is 17. The summed E-state index contributed by atoms with van der Waals surface area (Å²) in [5.41, 5.74) is -1.25. The molecular formula is C39H61NO7S. The predicted molar refractivity (Wildman–Crippen MR) is 188 cm³/mol. The Labute approximate surface area is 289 Å². The number of ketones is 4. The molecule has 2 aliphatic carbocycles. The zero-order valence-corrected chi connectivity index (χ0v) is 31.3. The molecule has 9 heteroatoms. The zero-order valence-electron chi connectivity index (χ0n) is 30.5. The second-order valence-corrected chi connectivity index (χ2v) is 19.6. The summed E-state index contributed by atoms with van der Waals surface area (Å²) in [6, 6.07) is -0.689. The summed E-state index contributed by atoms with van der Waals surface area (Å²) in [5, 5.41) is -0.486. The van der Waals surface area contributed by atoms with E-state index in [9.17, 15) is 32.4 Å². The van der Waals surface area contributed by atoms with Crippen molar-refractivity contribution in [1.82, 2.24) is 4.90 Å². The molecule has 0 unspecified atom stereocenters. The molecule has 2 saturated heterocycles. The molecule has 0 aromatic rings. The Morgan fingerprint density at radius 1 is 1.00 bits per heavy atom. The van der Waals surface area contributed by atoms with Crippen LogP contribution in [0.4, 0.5) is 0 Å². The Morgan fingerprint density at radius 3 is 2.23 bits per heavy atom. The van der Waals surface area contributed by atoms with Gasteiger partial charge < -0.3 is 4.90 Å². The van der Waals surface area contributed by atoms with Gasteiger partial charge in [0, 0.05) is 44.1 Å². The fraction of sp³-hybridized carbons (Fsp3) is 0.821. The minimum atomic E-state index is -3.25. The van der Waals surface area contributed by atoms with Gasteiger partial charge in [0.1, 0.15) is 5.78 Å². The van der Waals surface area contributed by atoms with E-state index in [0.717, 1.165) is 44.9 Å². The highest BCUT2D eigenvalue weighted by Crippen LogP contribution is 2.65. The van der Waals surface area contributed by atoms with Crippen molar-refractivity contribution in [3.05, 3.63) is 12.7 Å². The molecule has 0 bridgehead atoms. The summed E-state index contributed by atoms with van der Waals surface area (Å²) >= 11 is 0. The molecule has 0 aromatic carbocycles. The molecular weight excluding hydrogens is 626 g/mol. The van der Waals surface area contributed by atoms with Crippen LogP contribution in [0.3, 0.4) is 0 Å². The van der Waals surface area contributed by atoms with E-state index in [2.05, 4.69) is 20.4 Å². The van der Waals surface area contributed by atoms with Crippen LogP contribution < -0.4 is 0 Å². The van der Waals surface area contributed by atoms with Crippen molar-refractivity contribution in [2.75, 3.05) is 12.3 Å². The Hall–Kier alpha value is -2.16. The van der Waals surface area contributed by atoms with Gasteiger partial charge in [-0.05, 0) is 66.6 Å². The summed E-state index contributed by atoms with van der Waals surface area (Å²) in [5.74, 6) is -2.46. The molecule has 2 heterocycles. The minimum Gasteiger partial charge on any atom is -0.332 e. The predicted octanol–water partition coefficient (Wildman–Crippen LogP) is 6.88. The summed E-state index contributed by atoms with van der Waals surface area (Å²) < 4.78 is 26.2. The van der Waals surface area contributed by atoms with Gasteiger partial charge in [0.05, 0.1) is 17.0 Å². The van der Waals surface area contributed by atoms with E-state index in [0.29, 0.717) is 32.2 Å². The number of fused-ring (bicyclic) bond motifs is 1. The molecule has 2 aliphatic heterocycles. The highest BCUT2D eigenvalue weighted by atomic mass is 32.2. The van der Waals surface area contributed by atoms with E-state index in [4.69, 9.17) is 0 Å². The summed E-state index contributed by atoms with van der Waals surface area (Å²) in [7, 11) is -3.25. The Kier molecular flexibility index (Phi) is 12.1. The monoisotopic (exact) mass is 687 g/mol. The van der Waals surface area contributed by atoms with Crippen LogP contribution >= 0.6 is 0 Å². The topological polar surface area (TPSA) is 123 Å². The molecule has 4 fully saturated rings. The van der Waals surface area contributed by atoms with Crippen LogP contribution in [-0.4, -0.2) is 65.9 Å². The van der Waals surface area contributed by atoms with E-state index in [1.807, 2.05) is 27.7 Å². The third-order valence-electron chi connectivity index (χ3n) is 12.6. The first-order chi connectivity index (χ1) is 22.4. The molecule has 48 heavy (non-hydrogen) atoms. The maximum atomic E-state index is 14.6. The largest absolute Gasteiger partial charge is 0.332 e. The van der Waals surface area contributed by atoms with Crippen LogP contribution in [0.5, 0.6) is 0 Å². The van der Waals surface area contributed by atoms with Crippen molar-refractivity contribution in [2.45, 2.75) is 149 Å². The summed E-state index contributed by atoms with van der Waals surface area (Å²) in [4.78, 5) is 70.4. The first-order valence-corrected chi connectivity index (χ1v) is 20.4. The Bertz CT molecular complexity index is 1370. The average Bonchev–Trinajstić information content (AvgIpc) is 3.33. The second kappa shape index (κ2) is 15.0. The molecule has 6 atom stereocenters. The van der Waals surface area contributed by atoms with E-state index in [1.165, 1.54) is 0 Å². The highest BCUT2D eigenvalue weighted by Gasteiger charge is 2.69. The van der Waals surface area contributed by atoms with Crippen molar-refractivity contribution in [2.24, 2.45) is 39.9 Å². The number of sulfone groups is 1. The lowest BCUT2D eigenvalue weighted by Gasteiger charge is -2.42. The zero-order chi connectivity index (χ0) is 35.7. The first kappa shape index (κ1) is 38.6. The van der Waals surface area contributed by atoms with Crippen molar-refractivity contribution >= 4 is 38.9 Å². The van der Waals surface area contributed by atoms with E-state index in [-0.39, 0.29) is 66.2 Å². The van der Waals surface area contributed by atoms with Crippen LogP contribution in [0.25, 0.3) is 0 Å². The van der Waals surface area contributed by atoms with Gasteiger partial charge in [0.15, 0.2) is 21.4 Å². The van der Waals surface area contributed by atoms with Crippen molar-refractivity contribution in [1.29, 1.82) is 0 Å². The number of carbonyl (C=O) groups is 5. The second-order valence-electron chi connectivity index (χ2n) is 17.3. The van der Waals surface area contributed by atoms with Crippen molar-refractivity contribution in [3.8, 4) is 0 Å². The van der Waals surface area contributed by atoms with Crippen LogP contribution in [0.1, 0.15) is 138 Å². The lowest BCUT2D eigenvalue weighted by Crippen LogP contribution is -2.51. The Morgan fingerprint density at radius 2 is 1.67 bits per heavy atom. The van der Waals surface area contributed by atoms with Gasteiger partial charge in [-0.2, -0.15) is 0 Å². The number of likely N-dealkylation sites (tertiary alicyclic amines) is 1. The number of carbonyl (C=O) groups excluding carboxylic acids is 5. The number of hydrogen-bond donors (Lipinski definition) is 0. The number of allylic oxidation sites excluding steroid dienone is 1. The maximum absolute atomic E-state index is 14.6. The lowest BCUT2D eigenvalue weighted by molar-refractivity contribution is -0.148. The molecule has 0 N–H and O–H groups in total. The van der Waals surface area contributed by atoms with E-state index < -0.39 is 55.4 Å². The number of amides is 1. The molecule has 2 saturated carbocycles. The SMILES string of the molecule is C=CCCC(=O)C(=O)[C@H](CCCC)CC(=O)[C@@H]1[C@@H]2[C@H](CN1C(=O)[C@@H](CC(=O)CC1([C@@H]3CCCS3(=O)=O)CCCCC1)C(C)(C)C)C2(C)C. The first-order valence-electron chi connectivity index (χ1n) is 18.7. The quantitative estimate of drug-likeness (QED) is 0.121. The minimum absolute atomic E-state index is 0.0163. The number of piperidine rings is 1. The van der Waals surface area contributed by atoms with Gasteiger partial charge in [-0.3, -0.25) is 24.0 Å². The van der Waals surface area contributed by atoms with Crippen LogP contribution in [0, 0.1) is 39.9 Å². The number of hydrogen-bond acceptors (Lipinski definition) is 7. The van der Waals surface area contributed by atoms with Crippen molar-refractivity contribution in [3.63, 3.8) is 0 Å². The summed E-state index contributed by atoms with van der Waals surface area (Å²) in [6.07, 6.45) is 9.82. The molecule has 270 valence electrons. The number of Topliss-reactive ketones (excluding diaryl/α,β-unsaturated/α-hetero) is 4. The fourth-order valence-electron chi connectivity index (χ4n) is 9.61. The van der Waals surface area contributed by atoms with Gasteiger partial charge in [0.2, 0.25) is 11.7 Å². The maximum Gasteiger partial charge on any atom is 0.227 e. The van der Waals surface area contributed by atoms with Gasteiger partial charge in [0.25, 0.3) is 0 Å². The molecule has 8 nitrogen and oxygen atoms in total. The average molecular weight is 688 g/mol. The highest BCUT2D eigenvalue weighted by molar-refractivity contribution is 7.92. The number of nitrogens with zero attached hydrogens (tertiary/aromatic N) is 1. The van der Waals surface area contributed by atoms with Crippen LogP contribution in [-0.2, 0) is 33.8 Å². The van der Waals surface area contributed by atoms with Crippen molar-refractivity contribution < 1.29 is 32.4 Å². The molecule has 1 amide bonds. The molecule has 4 aliphatic rings. The third-order valence-corrected chi connectivity index (χ3v) is 15.0. The van der Waals surface area contributed by atoms with E-state index >= 15 is 0 Å². The van der Waals surface area contributed by atoms with Gasteiger partial charge >= 0.3 is 0 Å². The van der Waals surface area contributed by atoms with Crippen LogP contribution in [0.2, 0.25) is 0 Å². The molecule has 4 rings (SSSR count). The van der Waals surface area contributed by atoms with Crippen LogP contribution in [0.15, 0.2) is 12.7 Å². The van der Waals surface area contributed by atoms with E-state index in [1.54, 1.807) is 11.0 Å². The Balaban J connectivity index is 1.55. The number of unbranched alkanes of at least 4 members (excludes halogenated alkanes) is 1. The summed E-state index contributed by atoms with van der Waals surface area (Å²) in [6.45, 7) is 16.2. The third kappa shape index (κ3) is 8.07. The molecule has 0 aromatic heterocycles. The standard InChI is InChI=1S/C39H61NO7S/c1-8-10-16-26(35(44)30(42)17-11-9-2)22-31(43)34-33-29(38(33,6)7)25-40(34)36(45)28(37(3,4)5)23-27(41)24-39(19-13-12-14-20-39)32-18-15-21-48(32,46)47/h9,26,28-29,32-34H,2,8,10-25H2,1,3-7H3/t26-,28-,29+,32+,33+,34-/m1/s1. The smallest absolute Gasteiger partial charge is 0.227 e. The normalized spacial score (nSPS) is 28.2. The lowest BCUT2D eigenvalue weighted by atomic mass is 9.66.